The summed E-state index contributed by atoms with van der Waals surface area (Å²) < 4.78 is 13.5. The normalized spacial score (nSPS) is 30.4. The molecule has 1 saturated heterocycles. The number of aromatic nitrogens is 3. The van der Waals surface area contributed by atoms with Gasteiger partial charge in [0.15, 0.2) is 11.4 Å². The van der Waals surface area contributed by atoms with E-state index in [2.05, 4.69) is 28.6 Å². The predicted octanol–water partition coefficient (Wildman–Crippen LogP) is 1.51. The van der Waals surface area contributed by atoms with Crippen LogP contribution in [0.25, 0.3) is 0 Å². The molecule has 5 heteroatoms. The standard InChI is InChI=1S/C13H21N3O2/c1-12(2)5-4-10-14-15-11(16(10)8-12)13(17-3)6-7-18-9-13/h4-9H2,1-3H3. The maximum atomic E-state index is 5.73. The highest BCUT2D eigenvalue weighted by atomic mass is 16.5. The van der Waals surface area contributed by atoms with E-state index < -0.39 is 5.60 Å². The zero-order chi connectivity index (χ0) is 12.8. The molecule has 2 aliphatic heterocycles. The molecule has 0 radical (unpaired) electrons. The Labute approximate surface area is 107 Å². The third-order valence-corrected chi connectivity index (χ3v) is 4.22. The molecule has 3 heterocycles. The number of hydrogen-bond donors (Lipinski definition) is 0. The van der Waals surface area contributed by atoms with Gasteiger partial charge in [-0.15, -0.1) is 10.2 Å². The number of nitrogens with zero attached hydrogens (tertiary/aromatic N) is 3. The maximum Gasteiger partial charge on any atom is 0.167 e. The van der Waals surface area contributed by atoms with Crippen LogP contribution in [0.2, 0.25) is 0 Å². The molecule has 3 rings (SSSR count). The van der Waals surface area contributed by atoms with E-state index in [0.29, 0.717) is 12.0 Å². The molecule has 2 aliphatic rings. The molecule has 0 aliphatic carbocycles. The first-order chi connectivity index (χ1) is 8.56. The minimum atomic E-state index is -0.390. The summed E-state index contributed by atoms with van der Waals surface area (Å²) in [7, 11) is 1.74. The summed E-state index contributed by atoms with van der Waals surface area (Å²) in [6.07, 6.45) is 3.03. The molecular weight excluding hydrogens is 230 g/mol. The van der Waals surface area contributed by atoms with Crippen molar-refractivity contribution in [2.45, 2.75) is 45.3 Å². The van der Waals surface area contributed by atoms with E-state index >= 15 is 0 Å². The topological polar surface area (TPSA) is 49.2 Å². The monoisotopic (exact) mass is 251 g/mol. The first-order valence-corrected chi connectivity index (χ1v) is 6.62. The van der Waals surface area contributed by atoms with Gasteiger partial charge in [0.05, 0.1) is 13.2 Å². The minimum Gasteiger partial charge on any atom is -0.378 e. The van der Waals surface area contributed by atoms with Gasteiger partial charge in [-0.2, -0.15) is 0 Å². The molecule has 1 aromatic heterocycles. The molecule has 0 spiro atoms. The lowest BCUT2D eigenvalue weighted by atomic mass is 9.84. The molecule has 1 unspecified atom stereocenters. The number of fused-ring (bicyclic) bond motifs is 1. The average molecular weight is 251 g/mol. The number of methoxy groups -OCH3 is 1. The van der Waals surface area contributed by atoms with Gasteiger partial charge in [-0.25, -0.2) is 0 Å². The molecule has 0 saturated carbocycles. The lowest BCUT2D eigenvalue weighted by molar-refractivity contribution is -0.0324. The Bertz CT molecular complexity index is 447. The Kier molecular flexibility index (Phi) is 2.71. The molecule has 5 nitrogen and oxygen atoms in total. The van der Waals surface area contributed by atoms with Crippen molar-refractivity contribution >= 4 is 0 Å². The number of hydrogen-bond acceptors (Lipinski definition) is 4. The number of rotatable bonds is 2. The summed E-state index contributed by atoms with van der Waals surface area (Å²) in [6, 6.07) is 0. The average Bonchev–Trinajstić information content (AvgIpc) is 2.93. The van der Waals surface area contributed by atoms with Gasteiger partial charge >= 0.3 is 0 Å². The summed E-state index contributed by atoms with van der Waals surface area (Å²) in [4.78, 5) is 0. The Balaban J connectivity index is 2.01. The zero-order valence-electron chi connectivity index (χ0n) is 11.4. The fourth-order valence-electron chi connectivity index (χ4n) is 2.96. The summed E-state index contributed by atoms with van der Waals surface area (Å²) in [5.41, 5.74) is -0.0861. The van der Waals surface area contributed by atoms with Crippen molar-refractivity contribution in [1.82, 2.24) is 14.8 Å². The van der Waals surface area contributed by atoms with Gasteiger partial charge in [-0.3, -0.25) is 0 Å². The van der Waals surface area contributed by atoms with E-state index in [1.807, 2.05) is 0 Å². The van der Waals surface area contributed by atoms with Crippen LogP contribution in [0, 0.1) is 5.41 Å². The largest absolute Gasteiger partial charge is 0.378 e. The molecule has 18 heavy (non-hydrogen) atoms. The molecule has 1 aromatic rings. The first kappa shape index (κ1) is 12.1. The van der Waals surface area contributed by atoms with E-state index in [-0.39, 0.29) is 0 Å². The van der Waals surface area contributed by atoms with E-state index in [0.717, 1.165) is 37.6 Å². The molecule has 0 aromatic carbocycles. The smallest absolute Gasteiger partial charge is 0.167 e. The summed E-state index contributed by atoms with van der Waals surface area (Å²) in [5.74, 6) is 2.04. The van der Waals surface area contributed by atoms with Crippen LogP contribution >= 0.6 is 0 Å². The van der Waals surface area contributed by atoms with Crippen LogP contribution in [-0.2, 0) is 28.0 Å². The molecule has 100 valence electrons. The lowest BCUT2D eigenvalue weighted by Gasteiger charge is -2.33. The van der Waals surface area contributed by atoms with E-state index in [1.54, 1.807) is 7.11 Å². The van der Waals surface area contributed by atoms with Gasteiger partial charge in [0, 0.05) is 26.5 Å². The summed E-state index contributed by atoms with van der Waals surface area (Å²) in [6.45, 7) is 6.88. The first-order valence-electron chi connectivity index (χ1n) is 6.62. The van der Waals surface area contributed by atoms with E-state index in [4.69, 9.17) is 9.47 Å². The number of aryl methyl sites for hydroxylation is 1. The van der Waals surface area contributed by atoms with Crippen molar-refractivity contribution in [2.75, 3.05) is 20.3 Å². The van der Waals surface area contributed by atoms with Crippen molar-refractivity contribution in [3.8, 4) is 0 Å². The second-order valence-electron chi connectivity index (χ2n) is 6.19. The Hall–Kier alpha value is -0.940. The van der Waals surface area contributed by atoms with Crippen molar-refractivity contribution in [1.29, 1.82) is 0 Å². The highest BCUT2D eigenvalue weighted by Crippen LogP contribution is 2.37. The van der Waals surface area contributed by atoms with Gasteiger partial charge in [-0.05, 0) is 11.8 Å². The van der Waals surface area contributed by atoms with E-state index in [1.165, 1.54) is 6.42 Å². The maximum absolute atomic E-state index is 5.73. The Morgan fingerprint density at radius 3 is 2.78 bits per heavy atom. The quantitative estimate of drug-likeness (QED) is 0.799. The van der Waals surface area contributed by atoms with Crippen molar-refractivity contribution in [2.24, 2.45) is 5.41 Å². The van der Waals surface area contributed by atoms with Crippen LogP contribution in [0.15, 0.2) is 0 Å². The highest BCUT2D eigenvalue weighted by Gasteiger charge is 2.43. The van der Waals surface area contributed by atoms with Crippen molar-refractivity contribution in [3.05, 3.63) is 11.6 Å². The second kappa shape index (κ2) is 4.03. The van der Waals surface area contributed by atoms with Crippen LogP contribution in [0.1, 0.15) is 38.3 Å². The summed E-state index contributed by atoms with van der Waals surface area (Å²) in [5, 5.41) is 8.73. The summed E-state index contributed by atoms with van der Waals surface area (Å²) >= 11 is 0. The van der Waals surface area contributed by atoms with Gasteiger partial charge in [0.25, 0.3) is 0 Å². The highest BCUT2D eigenvalue weighted by molar-refractivity contribution is 5.11. The fraction of sp³-hybridized carbons (Fsp3) is 0.846. The van der Waals surface area contributed by atoms with Crippen molar-refractivity contribution < 1.29 is 9.47 Å². The van der Waals surface area contributed by atoms with Gasteiger partial charge in [0.1, 0.15) is 5.82 Å². The third-order valence-electron chi connectivity index (χ3n) is 4.22. The van der Waals surface area contributed by atoms with Crippen LogP contribution in [-0.4, -0.2) is 35.1 Å². The van der Waals surface area contributed by atoms with Gasteiger partial charge in [-0.1, -0.05) is 13.8 Å². The molecule has 1 atom stereocenters. The van der Waals surface area contributed by atoms with Gasteiger partial charge in [0.2, 0.25) is 0 Å². The molecule has 0 bridgehead atoms. The number of ether oxygens (including phenoxy) is 2. The van der Waals surface area contributed by atoms with E-state index in [9.17, 15) is 0 Å². The second-order valence-corrected chi connectivity index (χ2v) is 6.19. The van der Waals surface area contributed by atoms with Crippen LogP contribution in [0.5, 0.6) is 0 Å². The van der Waals surface area contributed by atoms with Gasteiger partial charge < -0.3 is 14.0 Å². The fourth-order valence-corrected chi connectivity index (χ4v) is 2.96. The van der Waals surface area contributed by atoms with Crippen LogP contribution in [0.4, 0.5) is 0 Å². The predicted molar refractivity (Wildman–Crippen MR) is 66.2 cm³/mol. The van der Waals surface area contributed by atoms with Crippen molar-refractivity contribution in [3.63, 3.8) is 0 Å². The lowest BCUT2D eigenvalue weighted by Crippen LogP contribution is -2.36. The molecule has 0 N–H and O–H groups in total. The molecular formula is C13H21N3O2. The third kappa shape index (κ3) is 1.77. The SMILES string of the molecule is COC1(c2nnc3n2CC(C)(C)CC3)CCOC1. The minimum absolute atomic E-state index is 0.304. The van der Waals surface area contributed by atoms with Crippen LogP contribution in [0.3, 0.4) is 0 Å². The molecule has 0 amide bonds. The molecule has 1 fully saturated rings. The Morgan fingerprint density at radius 2 is 2.11 bits per heavy atom. The van der Waals surface area contributed by atoms with Crippen LogP contribution < -0.4 is 0 Å². The zero-order valence-corrected chi connectivity index (χ0v) is 11.4. The Morgan fingerprint density at radius 1 is 1.28 bits per heavy atom.